The number of rotatable bonds is 5. The number of hydrogen-bond acceptors (Lipinski definition) is 7. The van der Waals surface area contributed by atoms with Gasteiger partial charge in [0.15, 0.2) is 0 Å². The molecule has 1 aliphatic heterocycles. The molecule has 0 spiro atoms. The van der Waals surface area contributed by atoms with E-state index in [-0.39, 0.29) is 5.91 Å². The maximum Gasteiger partial charge on any atom is 0.273 e. The number of piperazine rings is 1. The minimum atomic E-state index is -0.0156. The van der Waals surface area contributed by atoms with Gasteiger partial charge in [0.05, 0.1) is 6.61 Å². The highest BCUT2D eigenvalue weighted by Crippen LogP contribution is 2.26. The van der Waals surface area contributed by atoms with Gasteiger partial charge in [0, 0.05) is 48.9 Å². The molecule has 8 heteroatoms. The Balaban J connectivity index is 1.40. The number of ether oxygens (including phenoxy) is 1. The number of nitrogens with zero attached hydrogens (tertiary/aromatic N) is 5. The van der Waals surface area contributed by atoms with Gasteiger partial charge in [0.25, 0.3) is 5.91 Å². The van der Waals surface area contributed by atoms with Crippen molar-refractivity contribution in [2.45, 2.75) is 20.8 Å². The molecule has 3 heterocycles. The third-order valence-corrected chi connectivity index (χ3v) is 5.87. The van der Waals surface area contributed by atoms with Crippen LogP contribution in [0.5, 0.6) is 5.75 Å². The molecule has 1 amide bonds. The normalized spacial score (nSPS) is 14.1. The highest BCUT2D eigenvalue weighted by atomic mass is 32.1. The zero-order chi connectivity index (χ0) is 21.1. The fraction of sp³-hybridized carbons (Fsp3) is 0.364. The smallest absolute Gasteiger partial charge is 0.273 e. The summed E-state index contributed by atoms with van der Waals surface area (Å²) in [6, 6.07) is 9.80. The molecular weight excluding hydrogens is 398 g/mol. The molecule has 7 nitrogen and oxygen atoms in total. The number of anilines is 1. The highest BCUT2D eigenvalue weighted by molar-refractivity contribution is 7.13. The number of thiazole rings is 1. The first-order valence-electron chi connectivity index (χ1n) is 10.1. The summed E-state index contributed by atoms with van der Waals surface area (Å²) in [5, 5.41) is 2.68. The molecule has 1 aliphatic rings. The zero-order valence-corrected chi connectivity index (χ0v) is 18.3. The molecule has 0 saturated carbocycles. The molecule has 1 saturated heterocycles. The van der Waals surface area contributed by atoms with E-state index in [1.807, 2.05) is 61.4 Å². The average molecular weight is 424 g/mol. The number of benzene rings is 1. The predicted molar refractivity (Wildman–Crippen MR) is 118 cm³/mol. The molecule has 0 radical (unpaired) electrons. The summed E-state index contributed by atoms with van der Waals surface area (Å²) < 4.78 is 5.48. The Hall–Kier alpha value is -3.00. The quantitative estimate of drug-likeness (QED) is 0.625. The molecule has 30 heavy (non-hydrogen) atoms. The Morgan fingerprint density at radius 1 is 1.07 bits per heavy atom. The molecule has 0 N–H and O–H groups in total. The van der Waals surface area contributed by atoms with E-state index in [9.17, 15) is 4.79 Å². The summed E-state index contributed by atoms with van der Waals surface area (Å²) in [6.45, 7) is 9.27. The summed E-state index contributed by atoms with van der Waals surface area (Å²) in [7, 11) is 0. The van der Waals surface area contributed by atoms with Crippen molar-refractivity contribution >= 4 is 23.1 Å². The Morgan fingerprint density at radius 3 is 2.47 bits per heavy atom. The van der Waals surface area contributed by atoms with Crippen LogP contribution in [0.1, 0.15) is 28.9 Å². The molecule has 4 rings (SSSR count). The van der Waals surface area contributed by atoms with Crippen LogP contribution in [0.3, 0.4) is 0 Å². The van der Waals surface area contributed by atoms with Crippen LogP contribution in [0.25, 0.3) is 10.6 Å². The van der Waals surface area contributed by atoms with Crippen LogP contribution >= 0.6 is 11.3 Å². The Bertz CT molecular complexity index is 1010. The Kier molecular flexibility index (Phi) is 5.94. The number of carbonyl (C=O) groups excluding carboxylic acids is 1. The minimum Gasteiger partial charge on any atom is -0.494 e. The van der Waals surface area contributed by atoms with E-state index >= 15 is 0 Å². The molecule has 0 unspecified atom stereocenters. The maximum absolute atomic E-state index is 12.9. The van der Waals surface area contributed by atoms with Gasteiger partial charge in [-0.3, -0.25) is 4.79 Å². The predicted octanol–water partition coefficient (Wildman–Crippen LogP) is 3.58. The molecule has 0 atom stereocenters. The first kappa shape index (κ1) is 20.3. The van der Waals surface area contributed by atoms with Crippen LogP contribution in [0.4, 0.5) is 5.82 Å². The molecule has 2 aromatic heterocycles. The van der Waals surface area contributed by atoms with Gasteiger partial charge in [-0.15, -0.1) is 11.3 Å². The van der Waals surface area contributed by atoms with Crippen LogP contribution in [0, 0.1) is 13.8 Å². The fourth-order valence-corrected chi connectivity index (χ4v) is 4.32. The van der Waals surface area contributed by atoms with Crippen LogP contribution in [-0.4, -0.2) is 58.5 Å². The lowest BCUT2D eigenvalue weighted by atomic mass is 10.2. The van der Waals surface area contributed by atoms with Crippen molar-refractivity contribution < 1.29 is 9.53 Å². The monoisotopic (exact) mass is 423 g/mol. The fourth-order valence-electron chi connectivity index (χ4n) is 3.52. The van der Waals surface area contributed by atoms with Gasteiger partial charge in [0.2, 0.25) is 0 Å². The van der Waals surface area contributed by atoms with Crippen LogP contribution in [-0.2, 0) is 0 Å². The standard InChI is InChI=1S/C22H25N5O2S/c1-4-29-18-7-5-17(6-8-18)21-25-19(14-30-21)22(28)27-11-9-26(10-12-27)20-13-15(2)23-16(3)24-20/h5-8,13-14H,4,9-12H2,1-3H3. The molecule has 1 aromatic carbocycles. The number of carbonyl (C=O) groups is 1. The molecular formula is C22H25N5O2S. The van der Waals surface area contributed by atoms with Gasteiger partial charge >= 0.3 is 0 Å². The lowest BCUT2D eigenvalue weighted by molar-refractivity contribution is 0.0741. The number of amides is 1. The maximum atomic E-state index is 12.9. The van der Waals surface area contributed by atoms with Crippen LogP contribution in [0.15, 0.2) is 35.7 Å². The van der Waals surface area contributed by atoms with E-state index in [2.05, 4.69) is 19.9 Å². The van der Waals surface area contributed by atoms with Crippen molar-refractivity contribution in [3.05, 3.63) is 52.9 Å². The second kappa shape index (κ2) is 8.79. The third-order valence-electron chi connectivity index (χ3n) is 4.98. The van der Waals surface area contributed by atoms with Crippen molar-refractivity contribution in [1.29, 1.82) is 0 Å². The average Bonchev–Trinajstić information content (AvgIpc) is 3.24. The molecule has 1 fully saturated rings. The first-order chi connectivity index (χ1) is 14.5. The lowest BCUT2D eigenvalue weighted by Gasteiger charge is -2.35. The Labute approximate surface area is 180 Å². The van der Waals surface area contributed by atoms with E-state index in [1.54, 1.807) is 0 Å². The van der Waals surface area contributed by atoms with E-state index in [4.69, 9.17) is 4.74 Å². The first-order valence-corrected chi connectivity index (χ1v) is 11.0. The van der Waals surface area contributed by atoms with Gasteiger partial charge in [-0.05, 0) is 45.0 Å². The van der Waals surface area contributed by atoms with E-state index < -0.39 is 0 Å². The summed E-state index contributed by atoms with van der Waals surface area (Å²) in [4.78, 5) is 30.5. The van der Waals surface area contributed by atoms with E-state index in [0.717, 1.165) is 46.7 Å². The zero-order valence-electron chi connectivity index (χ0n) is 17.5. The second-order valence-corrected chi connectivity index (χ2v) is 8.05. The summed E-state index contributed by atoms with van der Waals surface area (Å²) in [5.41, 5.74) is 2.45. The number of aryl methyl sites for hydroxylation is 2. The lowest BCUT2D eigenvalue weighted by Crippen LogP contribution is -2.49. The highest BCUT2D eigenvalue weighted by Gasteiger charge is 2.25. The van der Waals surface area contributed by atoms with Crippen molar-refractivity contribution in [3.8, 4) is 16.3 Å². The van der Waals surface area contributed by atoms with Gasteiger partial charge in [-0.2, -0.15) is 0 Å². The number of hydrogen-bond donors (Lipinski definition) is 0. The van der Waals surface area contributed by atoms with Gasteiger partial charge in [-0.25, -0.2) is 15.0 Å². The van der Waals surface area contributed by atoms with Crippen LogP contribution < -0.4 is 9.64 Å². The van der Waals surface area contributed by atoms with Gasteiger partial charge in [-0.1, -0.05) is 0 Å². The molecule has 156 valence electrons. The molecule has 0 bridgehead atoms. The van der Waals surface area contributed by atoms with Gasteiger partial charge < -0.3 is 14.5 Å². The second-order valence-electron chi connectivity index (χ2n) is 7.19. The number of aromatic nitrogens is 3. The summed E-state index contributed by atoms with van der Waals surface area (Å²) in [5.74, 6) is 2.52. The van der Waals surface area contributed by atoms with E-state index in [0.29, 0.717) is 25.4 Å². The summed E-state index contributed by atoms with van der Waals surface area (Å²) >= 11 is 1.49. The largest absolute Gasteiger partial charge is 0.494 e. The van der Waals surface area contributed by atoms with Crippen molar-refractivity contribution in [2.24, 2.45) is 0 Å². The van der Waals surface area contributed by atoms with Crippen LogP contribution in [0.2, 0.25) is 0 Å². The Morgan fingerprint density at radius 2 is 1.80 bits per heavy atom. The van der Waals surface area contributed by atoms with Gasteiger partial charge in [0.1, 0.15) is 28.1 Å². The molecule has 0 aliphatic carbocycles. The topological polar surface area (TPSA) is 71.5 Å². The SMILES string of the molecule is CCOc1ccc(-c2nc(C(=O)N3CCN(c4cc(C)nc(C)n4)CC3)cs2)cc1. The summed E-state index contributed by atoms with van der Waals surface area (Å²) in [6.07, 6.45) is 0. The minimum absolute atomic E-state index is 0.0156. The van der Waals surface area contributed by atoms with Crippen molar-refractivity contribution in [1.82, 2.24) is 19.9 Å². The third kappa shape index (κ3) is 4.43. The van der Waals surface area contributed by atoms with Crippen molar-refractivity contribution in [2.75, 3.05) is 37.7 Å². The molecule has 3 aromatic rings. The van der Waals surface area contributed by atoms with E-state index in [1.165, 1.54) is 11.3 Å². The van der Waals surface area contributed by atoms with Crippen molar-refractivity contribution in [3.63, 3.8) is 0 Å².